The number of halogens is 3. The summed E-state index contributed by atoms with van der Waals surface area (Å²) in [5.41, 5.74) is 1.81. The minimum Gasteiger partial charge on any atom is -0.496 e. The quantitative estimate of drug-likeness (QED) is 0.296. The first kappa shape index (κ1) is 23.8. The van der Waals surface area contributed by atoms with Gasteiger partial charge < -0.3 is 14.4 Å². The maximum atomic E-state index is 13.1. The molecule has 0 amide bonds. The summed E-state index contributed by atoms with van der Waals surface area (Å²) in [4.78, 5) is 13.8. The first-order valence-corrected chi connectivity index (χ1v) is 9.81. The monoisotopic (exact) mass is 457 g/mol. The van der Waals surface area contributed by atoms with E-state index in [1.165, 1.54) is 20.3 Å². The highest BCUT2D eigenvalue weighted by Gasteiger charge is 2.39. The summed E-state index contributed by atoms with van der Waals surface area (Å²) in [6.45, 7) is 0. The van der Waals surface area contributed by atoms with Crippen LogP contribution in [0.1, 0.15) is 10.4 Å². The third-order valence-electron chi connectivity index (χ3n) is 4.85. The average molecular weight is 457 g/mol. The summed E-state index contributed by atoms with van der Waals surface area (Å²) in [5, 5.41) is 8.46. The number of hydrogen-bond acceptors (Lipinski definition) is 6. The van der Waals surface area contributed by atoms with Gasteiger partial charge in [-0.2, -0.15) is 18.3 Å². The smallest absolute Gasteiger partial charge is 0.454 e. The zero-order chi connectivity index (χ0) is 24.2. The van der Waals surface area contributed by atoms with E-state index in [9.17, 15) is 18.0 Å². The molecular formula is C24H22F3N3O3. The van der Waals surface area contributed by atoms with Gasteiger partial charge in [0.15, 0.2) is 0 Å². The fourth-order valence-corrected chi connectivity index (χ4v) is 3.17. The lowest BCUT2D eigenvalue weighted by molar-refractivity contribution is -0.0885. The lowest BCUT2D eigenvalue weighted by atomic mass is 9.97. The molecule has 33 heavy (non-hydrogen) atoms. The molecule has 3 aromatic carbocycles. The van der Waals surface area contributed by atoms with Crippen LogP contribution >= 0.6 is 0 Å². The molecular weight excluding hydrogens is 435 g/mol. The van der Waals surface area contributed by atoms with E-state index < -0.39 is 17.5 Å². The minimum atomic E-state index is -5.01. The predicted octanol–water partition coefficient (Wildman–Crippen LogP) is 6.60. The van der Waals surface area contributed by atoms with E-state index in [1.807, 2.05) is 31.1 Å². The Kier molecular flexibility index (Phi) is 7.01. The number of azo groups is 1. The summed E-state index contributed by atoms with van der Waals surface area (Å²) in [7, 11) is 6.67. The van der Waals surface area contributed by atoms with Crippen molar-refractivity contribution in [3.8, 4) is 22.6 Å². The van der Waals surface area contributed by atoms with Gasteiger partial charge in [0.05, 0.1) is 31.2 Å². The highest BCUT2D eigenvalue weighted by Crippen LogP contribution is 2.44. The Morgan fingerprint density at radius 2 is 1.48 bits per heavy atom. The largest absolute Gasteiger partial charge is 0.496 e. The molecule has 0 saturated heterocycles. The number of nitrogens with zero attached hydrogens (tertiary/aromatic N) is 3. The van der Waals surface area contributed by atoms with Crippen molar-refractivity contribution < 1.29 is 27.4 Å². The van der Waals surface area contributed by atoms with Gasteiger partial charge in [-0.3, -0.25) is 4.79 Å². The number of anilines is 1. The van der Waals surface area contributed by atoms with Crippen molar-refractivity contribution in [2.75, 3.05) is 33.2 Å². The van der Waals surface area contributed by atoms with Gasteiger partial charge in [0.1, 0.15) is 11.5 Å². The van der Waals surface area contributed by atoms with Crippen LogP contribution in [0.25, 0.3) is 11.1 Å². The Hall–Kier alpha value is -3.88. The molecule has 0 atom stereocenters. The first-order chi connectivity index (χ1) is 15.7. The number of hydrogen-bond donors (Lipinski definition) is 0. The van der Waals surface area contributed by atoms with E-state index in [0.717, 1.165) is 17.8 Å². The molecule has 3 aromatic rings. The Labute approximate surface area is 189 Å². The van der Waals surface area contributed by atoms with Crippen LogP contribution in [0, 0.1) is 0 Å². The topological polar surface area (TPSA) is 63.5 Å². The molecule has 0 aliphatic carbocycles. The fourth-order valence-electron chi connectivity index (χ4n) is 3.17. The number of alkyl halides is 3. The summed E-state index contributed by atoms with van der Waals surface area (Å²) < 4.78 is 50.0. The molecule has 172 valence electrons. The predicted molar refractivity (Wildman–Crippen MR) is 120 cm³/mol. The highest BCUT2D eigenvalue weighted by atomic mass is 19.4. The van der Waals surface area contributed by atoms with Crippen LogP contribution in [0.2, 0.25) is 0 Å². The molecule has 9 heteroatoms. The zero-order valence-corrected chi connectivity index (χ0v) is 18.5. The molecule has 0 radical (unpaired) electrons. The highest BCUT2D eigenvalue weighted by molar-refractivity contribution is 6.02. The van der Waals surface area contributed by atoms with E-state index in [4.69, 9.17) is 9.47 Å². The fraction of sp³-hybridized carbons (Fsp3) is 0.208. The van der Waals surface area contributed by atoms with Crippen molar-refractivity contribution in [2.24, 2.45) is 10.2 Å². The molecule has 0 aliphatic rings. The summed E-state index contributed by atoms with van der Waals surface area (Å²) in [6.07, 6.45) is -5.01. The summed E-state index contributed by atoms with van der Waals surface area (Å²) >= 11 is 0. The standard InChI is InChI=1S/C24H22F3N3O3/c1-30(2)17-11-9-16(10-12-17)28-29-19-13-8-15(23(31)24(25,26)27)14-18(19)22-20(32-3)6-5-7-21(22)33-4/h5-14H,1-4H3. The number of Topliss-reactive ketones (excluding diaryl/α,β-unsaturated/α-hetero) is 1. The normalized spacial score (nSPS) is 11.5. The Morgan fingerprint density at radius 3 is 2.00 bits per heavy atom. The van der Waals surface area contributed by atoms with Crippen molar-refractivity contribution in [3.05, 3.63) is 66.2 Å². The molecule has 0 N–H and O–H groups in total. The number of ketones is 1. The minimum absolute atomic E-state index is 0.216. The molecule has 0 unspecified atom stereocenters. The van der Waals surface area contributed by atoms with Crippen LogP contribution in [0.3, 0.4) is 0 Å². The summed E-state index contributed by atoms with van der Waals surface area (Å²) in [5.74, 6) is -1.27. The SMILES string of the molecule is COc1cccc(OC)c1-c1cc(C(=O)C(F)(F)F)ccc1N=Nc1ccc(N(C)C)cc1. The third kappa shape index (κ3) is 5.31. The van der Waals surface area contributed by atoms with Gasteiger partial charge in [-0.15, -0.1) is 5.11 Å². The number of carbonyl (C=O) groups is 1. The molecule has 3 rings (SSSR count). The van der Waals surface area contributed by atoms with Crippen LogP contribution in [0.5, 0.6) is 11.5 Å². The van der Waals surface area contributed by atoms with Crippen LogP contribution in [-0.2, 0) is 0 Å². The molecule has 0 heterocycles. The van der Waals surface area contributed by atoms with Crippen LogP contribution < -0.4 is 14.4 Å². The maximum Gasteiger partial charge on any atom is 0.454 e. The first-order valence-electron chi connectivity index (χ1n) is 9.81. The van der Waals surface area contributed by atoms with E-state index in [1.54, 1.807) is 30.3 Å². The van der Waals surface area contributed by atoms with Crippen molar-refractivity contribution >= 4 is 22.8 Å². The van der Waals surface area contributed by atoms with E-state index >= 15 is 0 Å². The van der Waals surface area contributed by atoms with Crippen LogP contribution in [0.15, 0.2) is 70.9 Å². The van der Waals surface area contributed by atoms with Gasteiger partial charge in [-0.1, -0.05) is 6.07 Å². The van der Waals surface area contributed by atoms with Crippen molar-refractivity contribution in [1.29, 1.82) is 0 Å². The zero-order valence-electron chi connectivity index (χ0n) is 18.5. The molecule has 0 aromatic heterocycles. The molecule has 0 bridgehead atoms. The maximum absolute atomic E-state index is 13.1. The number of benzene rings is 3. The Balaban J connectivity index is 2.16. The second kappa shape index (κ2) is 9.72. The number of methoxy groups -OCH3 is 2. The Morgan fingerprint density at radius 1 is 0.879 bits per heavy atom. The molecule has 0 spiro atoms. The van der Waals surface area contributed by atoms with Gasteiger partial charge in [-0.05, 0) is 54.6 Å². The lowest BCUT2D eigenvalue weighted by Crippen LogP contribution is -2.22. The molecule has 0 fully saturated rings. The van der Waals surface area contributed by atoms with Gasteiger partial charge >= 0.3 is 6.18 Å². The third-order valence-corrected chi connectivity index (χ3v) is 4.85. The summed E-state index contributed by atoms with van der Waals surface area (Å²) in [6, 6.07) is 15.7. The van der Waals surface area contributed by atoms with Crippen molar-refractivity contribution in [1.82, 2.24) is 0 Å². The second-order valence-corrected chi connectivity index (χ2v) is 7.21. The van der Waals surface area contributed by atoms with Crippen molar-refractivity contribution in [3.63, 3.8) is 0 Å². The average Bonchev–Trinajstić information content (AvgIpc) is 2.81. The van der Waals surface area contributed by atoms with Crippen LogP contribution in [-0.4, -0.2) is 40.3 Å². The van der Waals surface area contributed by atoms with E-state index in [2.05, 4.69) is 10.2 Å². The van der Waals surface area contributed by atoms with Gasteiger partial charge in [0.25, 0.3) is 5.78 Å². The number of ether oxygens (including phenoxy) is 2. The molecule has 0 saturated carbocycles. The van der Waals surface area contributed by atoms with E-state index in [-0.39, 0.29) is 11.3 Å². The Bertz CT molecular complexity index is 1150. The molecule has 6 nitrogen and oxygen atoms in total. The second-order valence-electron chi connectivity index (χ2n) is 7.21. The van der Waals surface area contributed by atoms with Crippen LogP contribution in [0.4, 0.5) is 30.2 Å². The van der Waals surface area contributed by atoms with Gasteiger partial charge in [0, 0.05) is 30.9 Å². The number of rotatable bonds is 7. The number of carbonyl (C=O) groups excluding carboxylic acids is 1. The van der Waals surface area contributed by atoms with Gasteiger partial charge in [0.2, 0.25) is 0 Å². The molecule has 0 aliphatic heterocycles. The van der Waals surface area contributed by atoms with Crippen molar-refractivity contribution in [2.45, 2.75) is 6.18 Å². The van der Waals surface area contributed by atoms with E-state index in [0.29, 0.717) is 22.7 Å². The van der Waals surface area contributed by atoms with Gasteiger partial charge in [-0.25, -0.2) is 0 Å². The lowest BCUT2D eigenvalue weighted by Gasteiger charge is -2.16.